The summed E-state index contributed by atoms with van der Waals surface area (Å²) >= 11 is 0. The number of carbonyl (C=O) groups is 2. The lowest BCUT2D eigenvalue weighted by atomic mass is 9.92. The van der Waals surface area contributed by atoms with Gasteiger partial charge in [-0.2, -0.15) is 0 Å². The number of hydrogen-bond donors (Lipinski definition) is 2. The second-order valence-corrected chi connectivity index (χ2v) is 8.01. The summed E-state index contributed by atoms with van der Waals surface area (Å²) in [4.78, 5) is 27.2. The fraction of sp³-hybridized carbons (Fsp3) is 0.524. The Hall–Kier alpha value is -3.14. The van der Waals surface area contributed by atoms with Gasteiger partial charge in [0.15, 0.2) is 0 Å². The van der Waals surface area contributed by atoms with Crippen LogP contribution in [0.25, 0.3) is 0 Å². The number of amides is 2. The van der Waals surface area contributed by atoms with Crippen LogP contribution in [0.15, 0.2) is 24.4 Å². The monoisotopic (exact) mass is 429 g/mol. The summed E-state index contributed by atoms with van der Waals surface area (Å²) < 4.78 is 12.8. The first-order chi connectivity index (χ1) is 15.0. The van der Waals surface area contributed by atoms with Gasteiger partial charge in [0.2, 0.25) is 5.91 Å². The van der Waals surface area contributed by atoms with Crippen molar-refractivity contribution >= 4 is 11.8 Å². The van der Waals surface area contributed by atoms with E-state index < -0.39 is 5.60 Å². The number of carbonyl (C=O) groups excluding carboxylic acids is 2. The lowest BCUT2D eigenvalue weighted by Crippen LogP contribution is -2.55. The number of piperidine rings is 1. The van der Waals surface area contributed by atoms with Crippen LogP contribution in [0.5, 0.6) is 11.5 Å². The minimum Gasteiger partial charge on any atom is -0.497 e. The average molecular weight is 429 g/mol. The third-order valence-corrected chi connectivity index (χ3v) is 5.68. The molecule has 2 aliphatic heterocycles. The fourth-order valence-electron chi connectivity index (χ4n) is 3.95. The zero-order chi connectivity index (χ0) is 21.8. The molecule has 1 atom stereocenters. The Morgan fingerprint density at radius 3 is 2.97 bits per heavy atom. The highest BCUT2D eigenvalue weighted by atomic mass is 16.5. The number of ether oxygens (including phenoxy) is 2. The number of aromatic nitrogens is 3. The lowest BCUT2D eigenvalue weighted by Gasteiger charge is -2.39. The van der Waals surface area contributed by atoms with Gasteiger partial charge in [-0.15, -0.1) is 5.10 Å². The van der Waals surface area contributed by atoms with Crippen LogP contribution in [-0.4, -0.2) is 75.8 Å². The molecule has 4 bridgehead atoms. The summed E-state index contributed by atoms with van der Waals surface area (Å²) in [5, 5.41) is 22.0. The molecule has 1 fully saturated rings. The third kappa shape index (κ3) is 4.96. The van der Waals surface area contributed by atoms with Gasteiger partial charge in [0.1, 0.15) is 18.1 Å². The van der Waals surface area contributed by atoms with Crippen molar-refractivity contribution in [3.05, 3.63) is 35.7 Å². The highest BCUT2D eigenvalue weighted by Gasteiger charge is 2.35. The molecule has 4 rings (SSSR count). The maximum absolute atomic E-state index is 12.9. The van der Waals surface area contributed by atoms with E-state index in [2.05, 4.69) is 15.6 Å². The molecule has 2 aliphatic rings. The number of β-amino-alcohol motifs (C(OH)–C–C–N with tert-alkyl or cyclic N) is 1. The third-order valence-electron chi connectivity index (χ3n) is 5.68. The smallest absolute Gasteiger partial charge is 0.255 e. The number of methoxy groups -OCH3 is 1. The van der Waals surface area contributed by atoms with Crippen LogP contribution in [0.3, 0.4) is 0 Å². The van der Waals surface area contributed by atoms with Gasteiger partial charge in [-0.1, -0.05) is 5.21 Å². The molecule has 166 valence electrons. The SMILES string of the molecule is COc1ccc2c(c1)OCCn1cc(nn1)CCC(=O)N1CCCC(O)(CNC2=O)C1. The van der Waals surface area contributed by atoms with Gasteiger partial charge in [0.25, 0.3) is 5.91 Å². The maximum atomic E-state index is 12.9. The second kappa shape index (κ2) is 8.93. The van der Waals surface area contributed by atoms with Crippen LogP contribution >= 0.6 is 0 Å². The van der Waals surface area contributed by atoms with E-state index in [0.29, 0.717) is 55.8 Å². The number of rotatable bonds is 1. The predicted octanol–water partition coefficient (Wildman–Crippen LogP) is 0.395. The van der Waals surface area contributed by atoms with Crippen molar-refractivity contribution in [1.29, 1.82) is 0 Å². The van der Waals surface area contributed by atoms with Gasteiger partial charge in [0.05, 0.1) is 37.1 Å². The number of nitrogens with one attached hydrogen (secondary N) is 1. The van der Waals surface area contributed by atoms with Crippen LogP contribution in [-0.2, 0) is 17.8 Å². The van der Waals surface area contributed by atoms with Gasteiger partial charge in [0, 0.05) is 38.2 Å². The van der Waals surface area contributed by atoms with Gasteiger partial charge in [-0.25, -0.2) is 4.68 Å². The van der Waals surface area contributed by atoms with Gasteiger partial charge < -0.3 is 24.8 Å². The Morgan fingerprint density at radius 1 is 1.26 bits per heavy atom. The van der Waals surface area contributed by atoms with E-state index in [0.717, 1.165) is 5.69 Å². The predicted molar refractivity (Wildman–Crippen MR) is 110 cm³/mol. The van der Waals surface area contributed by atoms with Crippen LogP contribution in [0, 0.1) is 0 Å². The molecule has 1 unspecified atom stereocenters. The average Bonchev–Trinajstić information content (AvgIpc) is 3.23. The van der Waals surface area contributed by atoms with E-state index in [1.807, 2.05) is 0 Å². The maximum Gasteiger partial charge on any atom is 0.255 e. The Labute approximate surface area is 180 Å². The topological polar surface area (TPSA) is 119 Å². The molecule has 2 aromatic rings. The molecule has 10 heteroatoms. The van der Waals surface area contributed by atoms with Gasteiger partial charge in [-0.05, 0) is 25.0 Å². The molecule has 0 saturated carbocycles. The number of fused-ring (bicyclic) bond motifs is 5. The highest BCUT2D eigenvalue weighted by molar-refractivity contribution is 5.97. The molecule has 0 aliphatic carbocycles. The van der Waals surface area contributed by atoms with Crippen molar-refractivity contribution in [2.24, 2.45) is 0 Å². The molecular weight excluding hydrogens is 402 g/mol. The number of hydrogen-bond acceptors (Lipinski definition) is 7. The Bertz CT molecular complexity index is 961. The van der Waals surface area contributed by atoms with Crippen molar-refractivity contribution in [2.75, 3.05) is 33.4 Å². The molecule has 3 heterocycles. The van der Waals surface area contributed by atoms with E-state index in [-0.39, 0.29) is 31.5 Å². The first kappa shape index (κ1) is 21.1. The van der Waals surface area contributed by atoms with Crippen LogP contribution in [0.1, 0.15) is 35.3 Å². The standard InChI is InChI=1S/C21H27N5O5/c1-30-16-4-5-17-18(11-16)31-10-9-26-12-15(23-24-26)3-6-19(27)25-8-2-7-21(29,14-25)13-22-20(17)28/h4-5,11-12,29H,2-3,6-10,13-14H2,1H3,(H,22,28). The Balaban J connectivity index is 1.60. The summed E-state index contributed by atoms with van der Waals surface area (Å²) in [5.41, 5.74) is -0.102. The minimum absolute atomic E-state index is 0.0379. The molecule has 10 nitrogen and oxygen atoms in total. The van der Waals surface area contributed by atoms with Crippen LogP contribution in [0.4, 0.5) is 0 Å². The summed E-state index contributed by atoms with van der Waals surface area (Å²) in [6.07, 6.45) is 3.75. The van der Waals surface area contributed by atoms with E-state index in [4.69, 9.17) is 9.47 Å². The fourth-order valence-corrected chi connectivity index (χ4v) is 3.95. The zero-order valence-corrected chi connectivity index (χ0v) is 17.5. The molecule has 0 spiro atoms. The summed E-state index contributed by atoms with van der Waals surface area (Å²) in [7, 11) is 1.54. The molecule has 2 N–H and O–H groups in total. The van der Waals surface area contributed by atoms with E-state index in [1.165, 1.54) is 0 Å². The Kier molecular flexibility index (Phi) is 6.08. The number of aliphatic hydroxyl groups is 1. The van der Waals surface area contributed by atoms with E-state index in [1.54, 1.807) is 41.1 Å². The van der Waals surface area contributed by atoms with Gasteiger partial charge in [-0.3, -0.25) is 9.59 Å². The van der Waals surface area contributed by atoms with Crippen molar-refractivity contribution in [2.45, 2.75) is 37.8 Å². The molecular formula is C21H27N5O5. The first-order valence-corrected chi connectivity index (χ1v) is 10.4. The normalized spacial score (nSPS) is 22.7. The summed E-state index contributed by atoms with van der Waals surface area (Å²) in [6.45, 7) is 1.54. The molecule has 1 aromatic carbocycles. The summed E-state index contributed by atoms with van der Waals surface area (Å²) in [6, 6.07) is 4.97. The Morgan fingerprint density at radius 2 is 2.13 bits per heavy atom. The number of benzene rings is 1. The molecule has 1 aromatic heterocycles. The zero-order valence-electron chi connectivity index (χ0n) is 17.5. The van der Waals surface area contributed by atoms with E-state index in [9.17, 15) is 14.7 Å². The highest BCUT2D eigenvalue weighted by Crippen LogP contribution is 2.26. The van der Waals surface area contributed by atoms with Crippen molar-refractivity contribution < 1.29 is 24.2 Å². The number of aryl methyl sites for hydroxylation is 1. The second-order valence-electron chi connectivity index (χ2n) is 8.01. The number of nitrogens with zero attached hydrogens (tertiary/aromatic N) is 4. The van der Waals surface area contributed by atoms with E-state index >= 15 is 0 Å². The first-order valence-electron chi connectivity index (χ1n) is 10.4. The summed E-state index contributed by atoms with van der Waals surface area (Å²) in [5.74, 6) is 0.556. The molecule has 0 radical (unpaired) electrons. The van der Waals surface area contributed by atoms with Crippen molar-refractivity contribution in [3.8, 4) is 11.5 Å². The quantitative estimate of drug-likeness (QED) is 0.673. The minimum atomic E-state index is -1.17. The van der Waals surface area contributed by atoms with Crippen molar-refractivity contribution in [1.82, 2.24) is 25.2 Å². The molecule has 1 saturated heterocycles. The van der Waals surface area contributed by atoms with Gasteiger partial charge >= 0.3 is 0 Å². The van der Waals surface area contributed by atoms with Crippen LogP contribution < -0.4 is 14.8 Å². The molecule has 2 amide bonds. The van der Waals surface area contributed by atoms with Crippen molar-refractivity contribution in [3.63, 3.8) is 0 Å². The van der Waals surface area contributed by atoms with Crippen LogP contribution in [0.2, 0.25) is 0 Å². The largest absolute Gasteiger partial charge is 0.497 e. The molecule has 31 heavy (non-hydrogen) atoms. The lowest BCUT2D eigenvalue weighted by molar-refractivity contribution is -0.138.